The zero-order valence-electron chi connectivity index (χ0n) is 11.1. The molecule has 2 rings (SSSR count). The van der Waals surface area contributed by atoms with Crippen LogP contribution in [0.25, 0.3) is 0 Å². The summed E-state index contributed by atoms with van der Waals surface area (Å²) in [6, 6.07) is 4.01. The highest BCUT2D eigenvalue weighted by Crippen LogP contribution is 2.41. The number of aliphatic hydroxyl groups is 1. The molecular weight excluding hydrogens is 265 g/mol. The average Bonchev–Trinajstić information content (AvgIpc) is 2.38. The maximum atomic E-state index is 13.1. The van der Waals surface area contributed by atoms with E-state index >= 15 is 0 Å². The summed E-state index contributed by atoms with van der Waals surface area (Å²) in [5, 5.41) is 9.19. The van der Waals surface area contributed by atoms with Gasteiger partial charge in [0.15, 0.2) is 0 Å². The van der Waals surface area contributed by atoms with Gasteiger partial charge in [0.05, 0.1) is 13.2 Å². The molecular formula is C14H18FNO4. The van der Waals surface area contributed by atoms with E-state index in [1.807, 2.05) is 0 Å². The Balaban J connectivity index is 1.98. The third kappa shape index (κ3) is 3.39. The number of amides is 1. The van der Waals surface area contributed by atoms with Crippen LogP contribution in [0.3, 0.4) is 0 Å². The van der Waals surface area contributed by atoms with E-state index in [9.17, 15) is 14.3 Å². The number of rotatable bonds is 6. The van der Waals surface area contributed by atoms with Gasteiger partial charge in [0.2, 0.25) is 0 Å². The fraction of sp³-hybridized carbons (Fsp3) is 0.500. The van der Waals surface area contributed by atoms with E-state index in [2.05, 4.69) is 0 Å². The summed E-state index contributed by atoms with van der Waals surface area (Å²) in [5.74, 6) is 0.0241. The van der Waals surface area contributed by atoms with Crippen LogP contribution in [0.1, 0.15) is 24.8 Å². The van der Waals surface area contributed by atoms with Crippen LogP contribution in [0.15, 0.2) is 18.2 Å². The zero-order valence-corrected chi connectivity index (χ0v) is 11.1. The van der Waals surface area contributed by atoms with E-state index in [4.69, 9.17) is 15.2 Å². The number of primary amides is 1. The Morgan fingerprint density at radius 3 is 2.70 bits per heavy atom. The summed E-state index contributed by atoms with van der Waals surface area (Å²) in [6.45, 7) is 0.273. The summed E-state index contributed by atoms with van der Waals surface area (Å²) < 4.78 is 23.6. The van der Waals surface area contributed by atoms with Crippen molar-refractivity contribution < 1.29 is 23.8 Å². The van der Waals surface area contributed by atoms with Gasteiger partial charge in [0, 0.05) is 11.0 Å². The first-order chi connectivity index (χ1) is 9.54. The molecule has 0 bridgehead atoms. The predicted octanol–water partition coefficient (Wildman–Crippen LogP) is 1.96. The number of benzene rings is 1. The van der Waals surface area contributed by atoms with Crippen LogP contribution in [0.4, 0.5) is 9.18 Å². The maximum absolute atomic E-state index is 13.1. The molecule has 20 heavy (non-hydrogen) atoms. The van der Waals surface area contributed by atoms with Crippen molar-refractivity contribution in [3.05, 3.63) is 29.6 Å². The molecule has 0 saturated heterocycles. The number of carbonyl (C=O) groups is 1. The Hall–Kier alpha value is -1.82. The first kappa shape index (κ1) is 14.6. The highest BCUT2D eigenvalue weighted by atomic mass is 19.1. The molecule has 110 valence electrons. The summed E-state index contributed by atoms with van der Waals surface area (Å²) in [7, 11) is 0. The Labute approximate surface area is 116 Å². The van der Waals surface area contributed by atoms with E-state index in [0.717, 1.165) is 19.3 Å². The first-order valence-corrected chi connectivity index (χ1v) is 6.49. The van der Waals surface area contributed by atoms with Crippen molar-refractivity contribution in [2.75, 3.05) is 13.2 Å². The highest BCUT2D eigenvalue weighted by Gasteiger charge is 2.39. The number of carbonyl (C=O) groups excluding carboxylic acids is 1. The largest absolute Gasteiger partial charge is 0.492 e. The lowest BCUT2D eigenvalue weighted by Crippen LogP contribution is -2.41. The Morgan fingerprint density at radius 1 is 1.40 bits per heavy atom. The van der Waals surface area contributed by atoms with Crippen LogP contribution in [0, 0.1) is 11.2 Å². The maximum Gasteiger partial charge on any atom is 0.404 e. The van der Waals surface area contributed by atoms with Gasteiger partial charge >= 0.3 is 6.09 Å². The fourth-order valence-corrected chi connectivity index (χ4v) is 2.27. The van der Waals surface area contributed by atoms with Crippen LogP contribution in [0.5, 0.6) is 5.75 Å². The van der Waals surface area contributed by atoms with E-state index in [-0.39, 0.29) is 18.6 Å². The Kier molecular flexibility index (Phi) is 4.44. The second-order valence-corrected chi connectivity index (χ2v) is 5.16. The number of nitrogens with two attached hydrogens (primary N) is 1. The smallest absolute Gasteiger partial charge is 0.404 e. The second-order valence-electron chi connectivity index (χ2n) is 5.16. The van der Waals surface area contributed by atoms with Crippen LogP contribution in [-0.4, -0.2) is 24.4 Å². The summed E-state index contributed by atoms with van der Waals surface area (Å²) in [6.07, 6.45) is 2.02. The van der Waals surface area contributed by atoms with Crippen molar-refractivity contribution in [3.63, 3.8) is 0 Å². The van der Waals surface area contributed by atoms with Crippen molar-refractivity contribution in [3.8, 4) is 5.75 Å². The van der Waals surface area contributed by atoms with Gasteiger partial charge in [0.25, 0.3) is 0 Å². The summed E-state index contributed by atoms with van der Waals surface area (Å²) in [5.41, 5.74) is 5.14. The summed E-state index contributed by atoms with van der Waals surface area (Å²) in [4.78, 5) is 10.7. The minimum absolute atomic E-state index is 0.220. The van der Waals surface area contributed by atoms with Gasteiger partial charge in [-0.15, -0.1) is 0 Å². The van der Waals surface area contributed by atoms with Gasteiger partial charge in [-0.1, -0.05) is 6.42 Å². The standard InChI is InChI=1S/C14H18FNO4/c15-11-2-3-12(10(6-11)7-17)19-8-14(4-1-5-14)9-20-13(16)18/h2-3,6,17H,1,4-5,7-9H2,(H2,16,18). The zero-order chi connectivity index (χ0) is 14.6. The Morgan fingerprint density at radius 2 is 2.15 bits per heavy atom. The molecule has 0 aliphatic heterocycles. The van der Waals surface area contributed by atoms with Crippen LogP contribution < -0.4 is 10.5 Å². The molecule has 0 atom stereocenters. The monoisotopic (exact) mass is 283 g/mol. The number of aliphatic hydroxyl groups excluding tert-OH is 1. The van der Waals surface area contributed by atoms with E-state index in [1.54, 1.807) is 0 Å². The van der Waals surface area contributed by atoms with Gasteiger partial charge in [-0.05, 0) is 31.0 Å². The van der Waals surface area contributed by atoms with Gasteiger partial charge in [-0.25, -0.2) is 9.18 Å². The van der Waals surface area contributed by atoms with E-state index < -0.39 is 11.9 Å². The molecule has 0 aromatic heterocycles. The van der Waals surface area contributed by atoms with Crippen LogP contribution >= 0.6 is 0 Å². The molecule has 0 spiro atoms. The van der Waals surface area contributed by atoms with Crippen molar-refractivity contribution in [2.24, 2.45) is 11.1 Å². The highest BCUT2D eigenvalue weighted by molar-refractivity contribution is 5.64. The fourth-order valence-electron chi connectivity index (χ4n) is 2.27. The lowest BCUT2D eigenvalue weighted by molar-refractivity contribution is -0.00724. The number of hydrogen-bond acceptors (Lipinski definition) is 4. The minimum Gasteiger partial charge on any atom is -0.492 e. The Bertz CT molecular complexity index is 488. The van der Waals surface area contributed by atoms with Gasteiger partial charge in [-0.3, -0.25) is 0 Å². The van der Waals surface area contributed by atoms with Crippen molar-refractivity contribution >= 4 is 6.09 Å². The molecule has 1 aromatic carbocycles. The molecule has 1 fully saturated rings. The SMILES string of the molecule is NC(=O)OCC1(COc2ccc(F)cc2CO)CCC1. The third-order valence-corrected chi connectivity index (χ3v) is 3.66. The van der Waals surface area contributed by atoms with Crippen molar-refractivity contribution in [2.45, 2.75) is 25.9 Å². The molecule has 5 nitrogen and oxygen atoms in total. The van der Waals surface area contributed by atoms with E-state index in [0.29, 0.717) is 17.9 Å². The molecule has 6 heteroatoms. The second kappa shape index (κ2) is 6.09. The predicted molar refractivity (Wildman–Crippen MR) is 69.6 cm³/mol. The van der Waals surface area contributed by atoms with E-state index in [1.165, 1.54) is 18.2 Å². The lowest BCUT2D eigenvalue weighted by atomic mass is 9.70. The van der Waals surface area contributed by atoms with Gasteiger partial charge in [-0.2, -0.15) is 0 Å². The number of halogens is 1. The molecule has 0 radical (unpaired) electrons. The quantitative estimate of drug-likeness (QED) is 0.836. The number of ether oxygens (including phenoxy) is 2. The van der Waals surface area contributed by atoms with Gasteiger partial charge in [0.1, 0.15) is 18.2 Å². The van der Waals surface area contributed by atoms with Crippen molar-refractivity contribution in [1.82, 2.24) is 0 Å². The molecule has 3 N–H and O–H groups in total. The van der Waals surface area contributed by atoms with Gasteiger partial charge < -0.3 is 20.3 Å². The number of hydrogen-bond donors (Lipinski definition) is 2. The molecule has 1 amide bonds. The van der Waals surface area contributed by atoms with Crippen molar-refractivity contribution in [1.29, 1.82) is 0 Å². The van der Waals surface area contributed by atoms with Crippen LogP contribution in [0.2, 0.25) is 0 Å². The molecule has 0 unspecified atom stereocenters. The first-order valence-electron chi connectivity index (χ1n) is 6.49. The summed E-state index contributed by atoms with van der Waals surface area (Å²) >= 11 is 0. The molecule has 1 saturated carbocycles. The molecule has 1 aliphatic rings. The third-order valence-electron chi connectivity index (χ3n) is 3.66. The lowest BCUT2D eigenvalue weighted by Gasteiger charge is -2.40. The topological polar surface area (TPSA) is 81.8 Å². The molecule has 1 aliphatic carbocycles. The normalized spacial score (nSPS) is 16.3. The van der Waals surface area contributed by atoms with Crippen LogP contribution in [-0.2, 0) is 11.3 Å². The molecule has 0 heterocycles. The average molecular weight is 283 g/mol. The molecule has 1 aromatic rings. The minimum atomic E-state index is -0.797.